The van der Waals surface area contributed by atoms with E-state index in [1.807, 2.05) is 11.8 Å². The molecular weight excluding hydrogens is 262 g/mol. The third-order valence-corrected chi connectivity index (χ3v) is 5.88. The predicted octanol–water partition coefficient (Wildman–Crippen LogP) is 1.25. The van der Waals surface area contributed by atoms with Crippen LogP contribution in [0.4, 0.5) is 0 Å². The Morgan fingerprint density at radius 2 is 2.26 bits per heavy atom. The van der Waals surface area contributed by atoms with Crippen molar-refractivity contribution in [3.8, 4) is 0 Å². The molecule has 3 fully saturated rings. The summed E-state index contributed by atoms with van der Waals surface area (Å²) < 4.78 is 11.0. The van der Waals surface area contributed by atoms with Gasteiger partial charge in [-0.25, -0.2) is 0 Å². The minimum atomic E-state index is 0.0633. The van der Waals surface area contributed by atoms with E-state index in [0.717, 1.165) is 50.7 Å². The van der Waals surface area contributed by atoms with Gasteiger partial charge in [0.05, 0.1) is 19.8 Å². The summed E-state index contributed by atoms with van der Waals surface area (Å²) in [5.41, 5.74) is 0.0633. The number of rotatable bonds is 3. The van der Waals surface area contributed by atoms with Crippen LogP contribution in [0.25, 0.3) is 0 Å². The number of carbonyl (C=O) groups excluding carboxylic acids is 1. The van der Waals surface area contributed by atoms with Crippen LogP contribution < -0.4 is 0 Å². The van der Waals surface area contributed by atoms with Crippen LogP contribution in [0.3, 0.4) is 0 Å². The van der Waals surface area contributed by atoms with E-state index in [2.05, 4.69) is 4.90 Å². The first kappa shape index (κ1) is 13.7. The van der Waals surface area contributed by atoms with E-state index in [4.69, 9.17) is 9.47 Å². The third kappa shape index (κ3) is 2.52. The van der Waals surface area contributed by atoms with Crippen molar-refractivity contribution in [3.05, 3.63) is 0 Å². The molecule has 3 aliphatic heterocycles. The summed E-state index contributed by atoms with van der Waals surface area (Å²) in [7, 11) is 1.74. The number of fused-ring (bicyclic) bond motifs is 1. The summed E-state index contributed by atoms with van der Waals surface area (Å²) in [5, 5.41) is 0. The highest BCUT2D eigenvalue weighted by Crippen LogP contribution is 2.42. The molecule has 3 aliphatic rings. The van der Waals surface area contributed by atoms with Crippen molar-refractivity contribution in [2.45, 2.75) is 12.8 Å². The third-order valence-electron chi connectivity index (χ3n) is 4.84. The van der Waals surface area contributed by atoms with E-state index in [1.54, 1.807) is 7.11 Å². The van der Waals surface area contributed by atoms with Gasteiger partial charge in [0.25, 0.3) is 0 Å². The molecule has 3 saturated heterocycles. The molecule has 3 rings (SSSR count). The molecule has 0 aromatic carbocycles. The molecule has 0 aromatic rings. The van der Waals surface area contributed by atoms with Crippen LogP contribution in [0, 0.1) is 17.3 Å². The molecule has 0 spiro atoms. The lowest BCUT2D eigenvalue weighted by Crippen LogP contribution is -2.40. The minimum absolute atomic E-state index is 0.0633. The van der Waals surface area contributed by atoms with Crippen molar-refractivity contribution in [2.24, 2.45) is 17.3 Å². The molecule has 1 amide bonds. The second-order valence-corrected chi connectivity index (χ2v) is 7.34. The SMILES string of the molecule is COC[C@@]12COC[C@@H]1CN(C(=O)C1CCSCC1)C2. The molecule has 0 N–H and O–H groups in total. The summed E-state index contributed by atoms with van der Waals surface area (Å²) in [4.78, 5) is 14.7. The van der Waals surface area contributed by atoms with Crippen molar-refractivity contribution < 1.29 is 14.3 Å². The number of methoxy groups -OCH3 is 1. The van der Waals surface area contributed by atoms with E-state index < -0.39 is 0 Å². The molecule has 0 bridgehead atoms. The zero-order valence-corrected chi connectivity index (χ0v) is 12.4. The van der Waals surface area contributed by atoms with Crippen molar-refractivity contribution in [2.75, 3.05) is 51.5 Å². The molecule has 108 valence electrons. The number of hydrogen-bond acceptors (Lipinski definition) is 4. The summed E-state index contributed by atoms with van der Waals surface area (Å²) in [6, 6.07) is 0. The molecule has 0 radical (unpaired) electrons. The van der Waals surface area contributed by atoms with Crippen LogP contribution in [0.2, 0.25) is 0 Å². The Labute approximate surface area is 119 Å². The highest BCUT2D eigenvalue weighted by Gasteiger charge is 2.52. The van der Waals surface area contributed by atoms with Crippen LogP contribution >= 0.6 is 11.8 Å². The van der Waals surface area contributed by atoms with Gasteiger partial charge >= 0.3 is 0 Å². The lowest BCUT2D eigenvalue weighted by Gasteiger charge is -2.29. The number of amides is 1. The summed E-state index contributed by atoms with van der Waals surface area (Å²) in [6.07, 6.45) is 2.11. The number of nitrogens with zero attached hydrogens (tertiary/aromatic N) is 1. The largest absolute Gasteiger partial charge is 0.384 e. The van der Waals surface area contributed by atoms with Crippen molar-refractivity contribution in [1.82, 2.24) is 4.90 Å². The second kappa shape index (κ2) is 5.62. The standard InChI is InChI=1S/C14H23NO3S/c1-17-9-14-8-15(6-12(14)7-18-10-14)13(16)11-2-4-19-5-3-11/h11-12H,2-10H2,1H3/t12-,14-/m0/s1. The molecule has 19 heavy (non-hydrogen) atoms. The van der Waals surface area contributed by atoms with Gasteiger partial charge in [-0.3, -0.25) is 4.79 Å². The molecular formula is C14H23NO3S. The average Bonchev–Trinajstić information content (AvgIpc) is 2.96. The molecule has 2 atom stereocenters. The van der Waals surface area contributed by atoms with E-state index >= 15 is 0 Å². The van der Waals surface area contributed by atoms with Crippen molar-refractivity contribution >= 4 is 17.7 Å². The molecule has 0 aliphatic carbocycles. The van der Waals surface area contributed by atoms with Gasteiger partial charge in [-0.15, -0.1) is 0 Å². The fourth-order valence-electron chi connectivity index (χ4n) is 3.69. The summed E-state index contributed by atoms with van der Waals surface area (Å²) in [6.45, 7) is 3.94. The average molecular weight is 285 g/mol. The molecule has 5 heteroatoms. The number of ether oxygens (including phenoxy) is 2. The predicted molar refractivity (Wildman–Crippen MR) is 75.2 cm³/mol. The van der Waals surface area contributed by atoms with Gasteiger partial charge in [0.1, 0.15) is 0 Å². The van der Waals surface area contributed by atoms with Crippen LogP contribution in [-0.2, 0) is 14.3 Å². The zero-order chi connectivity index (χ0) is 13.3. The van der Waals surface area contributed by atoms with Crippen molar-refractivity contribution in [1.29, 1.82) is 0 Å². The fourth-order valence-corrected chi connectivity index (χ4v) is 4.80. The molecule has 0 aromatic heterocycles. The van der Waals surface area contributed by atoms with Gasteiger partial charge in [0.15, 0.2) is 0 Å². The van der Waals surface area contributed by atoms with Crippen LogP contribution in [0.5, 0.6) is 0 Å². The first-order valence-electron chi connectivity index (χ1n) is 7.18. The maximum Gasteiger partial charge on any atom is 0.225 e. The van der Waals surface area contributed by atoms with E-state index in [0.29, 0.717) is 18.4 Å². The first-order chi connectivity index (χ1) is 9.25. The number of carbonyl (C=O) groups is 1. The Balaban J connectivity index is 1.65. The van der Waals surface area contributed by atoms with Gasteiger partial charge in [0.2, 0.25) is 5.91 Å². The topological polar surface area (TPSA) is 38.8 Å². The van der Waals surface area contributed by atoms with E-state index in [9.17, 15) is 4.79 Å². The molecule has 0 saturated carbocycles. The normalized spacial score (nSPS) is 35.6. The maximum absolute atomic E-state index is 12.6. The molecule has 0 unspecified atom stereocenters. The van der Waals surface area contributed by atoms with Gasteiger partial charge in [-0.1, -0.05) is 0 Å². The first-order valence-corrected chi connectivity index (χ1v) is 8.34. The van der Waals surface area contributed by atoms with Crippen molar-refractivity contribution in [3.63, 3.8) is 0 Å². The van der Waals surface area contributed by atoms with Crippen LogP contribution in [0.15, 0.2) is 0 Å². The van der Waals surface area contributed by atoms with Gasteiger partial charge in [0, 0.05) is 37.5 Å². The van der Waals surface area contributed by atoms with E-state index in [1.165, 1.54) is 0 Å². The molecule has 3 heterocycles. The van der Waals surface area contributed by atoms with Gasteiger partial charge < -0.3 is 14.4 Å². The Morgan fingerprint density at radius 3 is 3.00 bits per heavy atom. The molecule has 4 nitrogen and oxygen atoms in total. The van der Waals surface area contributed by atoms with Gasteiger partial charge in [-0.2, -0.15) is 11.8 Å². The zero-order valence-electron chi connectivity index (χ0n) is 11.6. The quantitative estimate of drug-likeness (QED) is 0.782. The van der Waals surface area contributed by atoms with Crippen LogP contribution in [0.1, 0.15) is 12.8 Å². The summed E-state index contributed by atoms with van der Waals surface area (Å²) in [5.74, 6) is 3.39. The highest BCUT2D eigenvalue weighted by molar-refractivity contribution is 7.99. The summed E-state index contributed by atoms with van der Waals surface area (Å²) >= 11 is 1.97. The van der Waals surface area contributed by atoms with Gasteiger partial charge in [-0.05, 0) is 24.3 Å². The highest BCUT2D eigenvalue weighted by atomic mass is 32.2. The Hall–Kier alpha value is -0.260. The van der Waals surface area contributed by atoms with E-state index in [-0.39, 0.29) is 11.3 Å². The fraction of sp³-hybridized carbons (Fsp3) is 0.929. The maximum atomic E-state index is 12.6. The minimum Gasteiger partial charge on any atom is -0.384 e. The lowest BCUT2D eigenvalue weighted by atomic mass is 9.82. The van der Waals surface area contributed by atoms with Crippen LogP contribution in [-0.4, -0.2) is 62.3 Å². The number of thioether (sulfide) groups is 1. The smallest absolute Gasteiger partial charge is 0.225 e. The Kier molecular flexibility index (Phi) is 4.06. The Bertz CT molecular complexity index is 346. The number of likely N-dealkylation sites (tertiary alicyclic amines) is 1. The second-order valence-electron chi connectivity index (χ2n) is 6.11. The Morgan fingerprint density at radius 1 is 1.47 bits per heavy atom. The monoisotopic (exact) mass is 285 g/mol. The number of hydrogen-bond donors (Lipinski definition) is 0. The lowest BCUT2D eigenvalue weighted by molar-refractivity contribution is -0.135.